The van der Waals surface area contributed by atoms with Gasteiger partial charge in [-0.1, -0.05) is 19.1 Å². The van der Waals surface area contributed by atoms with Crippen molar-refractivity contribution in [3.05, 3.63) is 86.6 Å². The maximum atomic E-state index is 12.6. The van der Waals surface area contributed by atoms with Crippen molar-refractivity contribution in [2.24, 2.45) is 0 Å². The van der Waals surface area contributed by atoms with Crippen molar-refractivity contribution >= 4 is 17.4 Å². The number of aromatic nitrogens is 3. The number of nitrogens with one attached hydrogen (secondary N) is 1. The van der Waals surface area contributed by atoms with Crippen LogP contribution in [0.4, 0.5) is 5.69 Å². The number of Topliss-reactive ketones (excluding diaryl/α,β-unsaturated/α-hetero) is 1. The molecule has 29 heavy (non-hydrogen) atoms. The molecule has 1 aromatic carbocycles. The Labute approximate surface area is 166 Å². The van der Waals surface area contributed by atoms with Crippen LogP contribution < -0.4 is 22.4 Å². The molecule has 1 amide bonds. The van der Waals surface area contributed by atoms with Crippen molar-refractivity contribution in [1.29, 1.82) is 0 Å². The fourth-order valence-electron chi connectivity index (χ4n) is 2.61. The summed E-state index contributed by atoms with van der Waals surface area (Å²) in [7, 11) is 0. The van der Waals surface area contributed by atoms with E-state index in [1.54, 1.807) is 19.1 Å². The molecule has 9 nitrogen and oxygen atoms in total. The second-order valence-corrected chi connectivity index (χ2v) is 6.13. The number of hydrogen-bond acceptors (Lipinski definition) is 5. The molecule has 2 aromatic rings. The quantitative estimate of drug-likeness (QED) is 0.495. The largest absolute Gasteiger partial charge is 0.337 e. The van der Waals surface area contributed by atoms with Gasteiger partial charge in [0.25, 0.3) is 0 Å². The molecule has 0 aliphatic rings. The number of rotatable bonds is 9. The number of hydrogen-bond donors (Lipinski definition) is 1. The molecule has 0 saturated carbocycles. The van der Waals surface area contributed by atoms with Gasteiger partial charge in [-0.25, -0.2) is 28.1 Å². The molecule has 1 aromatic heterocycles. The molecule has 0 saturated heterocycles. The summed E-state index contributed by atoms with van der Waals surface area (Å²) in [6, 6.07) is 6.08. The summed E-state index contributed by atoms with van der Waals surface area (Å²) in [5.74, 6) is -0.658. The number of carbonyl (C=O) groups is 2. The van der Waals surface area contributed by atoms with Gasteiger partial charge < -0.3 is 5.32 Å². The standard InChI is InChI=1S/C20H22N4O5/c1-4-11-22-18(27)23(12-5-2)20(29)24(19(22)28)13-16(25)14-7-9-15(10-8-14)21-17(26)6-3/h4-5,7-10H,1-2,6,11-13H2,3H3,(H,21,26). The highest BCUT2D eigenvalue weighted by Crippen LogP contribution is 2.10. The monoisotopic (exact) mass is 398 g/mol. The molecule has 9 heteroatoms. The molecule has 0 fully saturated rings. The smallest absolute Gasteiger partial charge is 0.326 e. The van der Waals surface area contributed by atoms with E-state index in [0.717, 1.165) is 9.13 Å². The Kier molecular flexibility index (Phi) is 7.02. The highest BCUT2D eigenvalue weighted by Gasteiger charge is 2.17. The maximum Gasteiger partial charge on any atom is 0.337 e. The molecule has 1 heterocycles. The van der Waals surface area contributed by atoms with Crippen molar-refractivity contribution in [3.63, 3.8) is 0 Å². The molecule has 0 unspecified atom stereocenters. The van der Waals surface area contributed by atoms with Gasteiger partial charge in [0, 0.05) is 17.7 Å². The molecule has 2 rings (SSSR count). The summed E-state index contributed by atoms with van der Waals surface area (Å²) in [6.07, 6.45) is 3.02. The van der Waals surface area contributed by atoms with Crippen LogP contribution in [-0.2, 0) is 24.4 Å². The molecule has 152 valence electrons. The zero-order valence-corrected chi connectivity index (χ0v) is 16.1. The van der Waals surface area contributed by atoms with Crippen LogP contribution in [0.3, 0.4) is 0 Å². The van der Waals surface area contributed by atoms with Gasteiger partial charge in [0.1, 0.15) is 0 Å². The fourth-order valence-corrected chi connectivity index (χ4v) is 2.61. The first-order valence-corrected chi connectivity index (χ1v) is 8.93. The average Bonchev–Trinajstić information content (AvgIpc) is 2.72. The van der Waals surface area contributed by atoms with Crippen molar-refractivity contribution in [2.75, 3.05) is 5.32 Å². The second-order valence-electron chi connectivity index (χ2n) is 6.13. The van der Waals surface area contributed by atoms with E-state index in [4.69, 9.17) is 0 Å². The molecule has 0 bridgehead atoms. The summed E-state index contributed by atoms with van der Waals surface area (Å²) < 4.78 is 2.37. The topological polar surface area (TPSA) is 112 Å². The predicted molar refractivity (Wildman–Crippen MR) is 109 cm³/mol. The van der Waals surface area contributed by atoms with E-state index in [9.17, 15) is 24.0 Å². The Bertz CT molecular complexity index is 1070. The van der Waals surface area contributed by atoms with E-state index in [0.29, 0.717) is 16.7 Å². The van der Waals surface area contributed by atoms with Gasteiger partial charge in [0.2, 0.25) is 5.91 Å². The third-order valence-corrected chi connectivity index (χ3v) is 4.12. The van der Waals surface area contributed by atoms with E-state index in [1.807, 2.05) is 0 Å². The van der Waals surface area contributed by atoms with E-state index < -0.39 is 29.4 Å². The number of ketones is 1. The van der Waals surface area contributed by atoms with Gasteiger partial charge in [-0.3, -0.25) is 9.59 Å². The van der Waals surface area contributed by atoms with Gasteiger partial charge >= 0.3 is 17.1 Å². The lowest BCUT2D eigenvalue weighted by molar-refractivity contribution is -0.115. The van der Waals surface area contributed by atoms with Gasteiger partial charge in [0.15, 0.2) is 5.78 Å². The molecule has 0 aliphatic carbocycles. The average molecular weight is 398 g/mol. The van der Waals surface area contributed by atoms with Crippen LogP contribution in [0, 0.1) is 0 Å². The van der Waals surface area contributed by atoms with Crippen molar-refractivity contribution in [1.82, 2.24) is 13.7 Å². The molecule has 0 atom stereocenters. The minimum Gasteiger partial charge on any atom is -0.326 e. The SMILES string of the molecule is C=CCn1c(=O)n(CC=C)c(=O)n(CC(=O)c2ccc(NC(=O)CC)cc2)c1=O. The minimum absolute atomic E-state index is 0.102. The Morgan fingerprint density at radius 1 is 0.897 bits per heavy atom. The van der Waals surface area contributed by atoms with Gasteiger partial charge in [-0.15, -0.1) is 13.2 Å². The van der Waals surface area contributed by atoms with Crippen LogP contribution in [0.2, 0.25) is 0 Å². The molecule has 1 N–H and O–H groups in total. The van der Waals surface area contributed by atoms with Gasteiger partial charge in [-0.05, 0) is 24.3 Å². The van der Waals surface area contributed by atoms with E-state index >= 15 is 0 Å². The van der Waals surface area contributed by atoms with Crippen LogP contribution >= 0.6 is 0 Å². The van der Waals surface area contributed by atoms with Crippen LogP contribution in [0.25, 0.3) is 0 Å². The van der Waals surface area contributed by atoms with Gasteiger partial charge in [0.05, 0.1) is 19.6 Å². The van der Waals surface area contributed by atoms with Crippen LogP contribution in [0.15, 0.2) is 64.0 Å². The molecule has 0 radical (unpaired) electrons. The normalized spacial score (nSPS) is 10.4. The zero-order valence-electron chi connectivity index (χ0n) is 16.1. The van der Waals surface area contributed by atoms with Crippen molar-refractivity contribution < 1.29 is 9.59 Å². The van der Waals surface area contributed by atoms with Crippen LogP contribution in [0.5, 0.6) is 0 Å². The Morgan fingerprint density at radius 3 is 1.83 bits per heavy atom. The number of anilines is 1. The Morgan fingerprint density at radius 2 is 1.38 bits per heavy atom. The summed E-state index contributed by atoms with van der Waals surface area (Å²) in [4.78, 5) is 61.5. The Hall–Kier alpha value is -3.75. The predicted octanol–water partition coefficient (Wildman–Crippen LogP) is 0.775. The number of carbonyl (C=O) groups excluding carboxylic acids is 2. The first-order valence-electron chi connectivity index (χ1n) is 8.93. The molecular weight excluding hydrogens is 376 g/mol. The first kappa shape index (κ1) is 21.5. The third kappa shape index (κ3) is 4.75. The number of allylic oxidation sites excluding steroid dienone is 2. The lowest BCUT2D eigenvalue weighted by atomic mass is 10.1. The molecular formula is C20H22N4O5. The zero-order chi connectivity index (χ0) is 21.6. The highest BCUT2D eigenvalue weighted by atomic mass is 16.2. The van der Waals surface area contributed by atoms with Crippen LogP contribution in [-0.4, -0.2) is 25.4 Å². The number of amides is 1. The number of benzene rings is 1. The van der Waals surface area contributed by atoms with Crippen molar-refractivity contribution in [2.45, 2.75) is 33.0 Å². The fraction of sp³-hybridized carbons (Fsp3) is 0.250. The van der Waals surface area contributed by atoms with E-state index in [2.05, 4.69) is 18.5 Å². The summed E-state index contributed by atoms with van der Waals surface area (Å²) in [6.45, 7) is 7.97. The Balaban J connectivity index is 2.41. The maximum absolute atomic E-state index is 12.6. The highest BCUT2D eigenvalue weighted by molar-refractivity contribution is 5.97. The van der Waals surface area contributed by atoms with Gasteiger partial charge in [-0.2, -0.15) is 0 Å². The lowest BCUT2D eigenvalue weighted by Gasteiger charge is -2.12. The second kappa shape index (κ2) is 9.45. The van der Waals surface area contributed by atoms with Crippen LogP contribution in [0.1, 0.15) is 23.7 Å². The summed E-state index contributed by atoms with van der Waals surface area (Å²) >= 11 is 0. The molecule has 0 aliphatic heterocycles. The van der Waals surface area contributed by atoms with Crippen molar-refractivity contribution in [3.8, 4) is 0 Å². The third-order valence-electron chi connectivity index (χ3n) is 4.12. The minimum atomic E-state index is -0.889. The van der Waals surface area contributed by atoms with E-state index in [1.165, 1.54) is 24.3 Å². The number of nitrogens with zero attached hydrogens (tertiary/aromatic N) is 3. The molecule has 0 spiro atoms. The first-order chi connectivity index (χ1) is 13.8. The van der Waals surface area contributed by atoms with E-state index in [-0.39, 0.29) is 24.6 Å². The summed E-state index contributed by atoms with van der Waals surface area (Å²) in [5.41, 5.74) is -1.79. The lowest BCUT2D eigenvalue weighted by Crippen LogP contribution is -2.55. The summed E-state index contributed by atoms with van der Waals surface area (Å²) in [5, 5.41) is 2.66.